The van der Waals surface area contributed by atoms with E-state index in [-0.39, 0.29) is 18.6 Å². The third kappa shape index (κ3) is 4.44. The zero-order valence-electron chi connectivity index (χ0n) is 15.6. The van der Waals surface area contributed by atoms with E-state index in [2.05, 4.69) is 20.9 Å². The quantitative estimate of drug-likeness (QED) is 0.613. The molecular weight excluding hydrogens is 372 g/mol. The van der Waals surface area contributed by atoms with Crippen LogP contribution in [0.15, 0.2) is 60.8 Å². The van der Waals surface area contributed by atoms with Gasteiger partial charge in [-0.2, -0.15) is 0 Å². The molecular formula is C21H18N4O4. The van der Waals surface area contributed by atoms with Gasteiger partial charge in [-0.25, -0.2) is 4.98 Å². The van der Waals surface area contributed by atoms with Crippen molar-refractivity contribution in [1.82, 2.24) is 4.98 Å². The second-order valence-electron chi connectivity index (χ2n) is 6.34. The molecule has 0 bridgehead atoms. The topological polar surface area (TPSA) is 102 Å². The molecule has 8 heteroatoms. The summed E-state index contributed by atoms with van der Waals surface area (Å²) >= 11 is 0. The van der Waals surface area contributed by atoms with Crippen LogP contribution in [0.25, 0.3) is 0 Å². The number of nitrogens with one attached hydrogen (secondary N) is 3. The van der Waals surface area contributed by atoms with Gasteiger partial charge < -0.3 is 25.4 Å². The lowest BCUT2D eigenvalue weighted by molar-refractivity contribution is -0.114. The molecule has 0 fully saturated rings. The molecule has 0 saturated carbocycles. The van der Waals surface area contributed by atoms with Gasteiger partial charge >= 0.3 is 0 Å². The van der Waals surface area contributed by atoms with Crippen molar-refractivity contribution in [2.45, 2.75) is 6.92 Å². The van der Waals surface area contributed by atoms with Crippen LogP contribution in [0.4, 0.5) is 22.9 Å². The molecule has 8 nitrogen and oxygen atoms in total. The molecule has 0 radical (unpaired) electrons. The molecule has 0 spiro atoms. The molecule has 0 saturated heterocycles. The van der Waals surface area contributed by atoms with Crippen LogP contribution in [0.3, 0.4) is 0 Å². The maximum atomic E-state index is 12.4. The molecule has 2 heterocycles. The fourth-order valence-corrected chi connectivity index (χ4v) is 2.81. The number of amides is 2. The fraction of sp³-hybridized carbons (Fsp3) is 0.0952. The van der Waals surface area contributed by atoms with E-state index in [1.54, 1.807) is 42.6 Å². The summed E-state index contributed by atoms with van der Waals surface area (Å²) in [7, 11) is 0. The van der Waals surface area contributed by atoms with Gasteiger partial charge in [0.2, 0.25) is 12.7 Å². The van der Waals surface area contributed by atoms with Gasteiger partial charge in [-0.15, -0.1) is 0 Å². The van der Waals surface area contributed by atoms with Crippen molar-refractivity contribution in [3.05, 3.63) is 66.4 Å². The van der Waals surface area contributed by atoms with Crippen LogP contribution < -0.4 is 25.4 Å². The number of anilines is 4. The standard InChI is InChI=1S/C21H18N4O4/c1-13(26)23-15-3-2-4-16(10-15)24-17-6-8-20(22-11-17)25-21(27)14-5-7-18-19(9-14)29-12-28-18/h2-11,24H,12H2,1H3,(H,23,26)(H,22,25,27). The predicted octanol–water partition coefficient (Wildman–Crippen LogP) is 3.76. The van der Waals surface area contributed by atoms with E-state index in [9.17, 15) is 9.59 Å². The van der Waals surface area contributed by atoms with Gasteiger partial charge in [0.1, 0.15) is 5.82 Å². The van der Waals surface area contributed by atoms with Crippen LogP contribution in [0.5, 0.6) is 11.5 Å². The summed E-state index contributed by atoms with van der Waals surface area (Å²) < 4.78 is 10.5. The summed E-state index contributed by atoms with van der Waals surface area (Å²) in [6, 6.07) is 15.8. The van der Waals surface area contributed by atoms with Gasteiger partial charge in [0.25, 0.3) is 5.91 Å². The van der Waals surface area contributed by atoms with Crippen LogP contribution in [-0.2, 0) is 4.79 Å². The van der Waals surface area contributed by atoms with Crippen molar-refractivity contribution in [3.63, 3.8) is 0 Å². The van der Waals surface area contributed by atoms with E-state index in [0.717, 1.165) is 11.4 Å². The first-order valence-electron chi connectivity index (χ1n) is 8.88. The second-order valence-corrected chi connectivity index (χ2v) is 6.34. The van der Waals surface area contributed by atoms with Gasteiger partial charge in [0, 0.05) is 23.9 Å². The Balaban J connectivity index is 1.40. The van der Waals surface area contributed by atoms with Crippen LogP contribution in [0.2, 0.25) is 0 Å². The number of carbonyl (C=O) groups is 2. The number of fused-ring (bicyclic) bond motifs is 1. The molecule has 1 aliphatic rings. The molecule has 2 aromatic carbocycles. The van der Waals surface area contributed by atoms with Gasteiger partial charge in [0.05, 0.1) is 11.9 Å². The molecule has 3 N–H and O–H groups in total. The number of aromatic nitrogens is 1. The van der Waals surface area contributed by atoms with Crippen LogP contribution in [-0.4, -0.2) is 23.6 Å². The van der Waals surface area contributed by atoms with E-state index < -0.39 is 0 Å². The first kappa shape index (κ1) is 18.3. The normalized spacial score (nSPS) is 11.6. The SMILES string of the molecule is CC(=O)Nc1cccc(Nc2ccc(NC(=O)c3ccc4c(c3)OCO4)nc2)c1. The van der Waals surface area contributed by atoms with Crippen molar-refractivity contribution >= 4 is 34.7 Å². The van der Waals surface area contributed by atoms with Crippen LogP contribution in [0, 0.1) is 0 Å². The highest BCUT2D eigenvalue weighted by Crippen LogP contribution is 2.32. The molecule has 29 heavy (non-hydrogen) atoms. The van der Waals surface area contributed by atoms with E-state index in [1.165, 1.54) is 6.92 Å². The lowest BCUT2D eigenvalue weighted by Gasteiger charge is -2.10. The maximum absolute atomic E-state index is 12.4. The average Bonchev–Trinajstić information content (AvgIpc) is 3.17. The number of nitrogens with zero attached hydrogens (tertiary/aromatic N) is 1. The summed E-state index contributed by atoms with van der Waals surface area (Å²) in [4.78, 5) is 27.9. The minimum Gasteiger partial charge on any atom is -0.454 e. The van der Waals surface area contributed by atoms with Gasteiger partial charge in [0.15, 0.2) is 11.5 Å². The lowest BCUT2D eigenvalue weighted by atomic mass is 10.2. The monoisotopic (exact) mass is 390 g/mol. The van der Waals surface area contributed by atoms with Crippen molar-refractivity contribution in [2.24, 2.45) is 0 Å². The van der Waals surface area contributed by atoms with E-state index in [4.69, 9.17) is 9.47 Å². The Hall–Kier alpha value is -4.07. The number of carbonyl (C=O) groups excluding carboxylic acids is 2. The van der Waals surface area contributed by atoms with Crippen LogP contribution >= 0.6 is 0 Å². The molecule has 2 amide bonds. The molecule has 1 aromatic heterocycles. The predicted molar refractivity (Wildman–Crippen MR) is 109 cm³/mol. The Kier molecular flexibility index (Phi) is 4.98. The molecule has 3 aromatic rings. The zero-order chi connectivity index (χ0) is 20.2. The summed E-state index contributed by atoms with van der Waals surface area (Å²) in [5, 5.41) is 8.68. The first-order valence-corrected chi connectivity index (χ1v) is 8.88. The van der Waals surface area contributed by atoms with E-state index >= 15 is 0 Å². The van der Waals surface area contributed by atoms with E-state index in [0.29, 0.717) is 28.6 Å². The van der Waals surface area contributed by atoms with Crippen molar-refractivity contribution < 1.29 is 19.1 Å². The highest BCUT2D eigenvalue weighted by molar-refractivity contribution is 6.04. The largest absolute Gasteiger partial charge is 0.454 e. The minimum atomic E-state index is -0.292. The Labute approximate surface area is 166 Å². The lowest BCUT2D eigenvalue weighted by Crippen LogP contribution is -2.12. The smallest absolute Gasteiger partial charge is 0.256 e. The molecule has 4 rings (SSSR count). The number of benzene rings is 2. The minimum absolute atomic E-state index is 0.133. The van der Waals surface area contributed by atoms with Crippen LogP contribution in [0.1, 0.15) is 17.3 Å². The Bertz CT molecular complexity index is 1070. The van der Waals surface area contributed by atoms with Crippen molar-refractivity contribution in [1.29, 1.82) is 0 Å². The fourth-order valence-electron chi connectivity index (χ4n) is 2.81. The molecule has 0 unspecified atom stereocenters. The number of pyridine rings is 1. The molecule has 1 aliphatic heterocycles. The van der Waals surface area contributed by atoms with Crippen molar-refractivity contribution in [2.75, 3.05) is 22.7 Å². The number of ether oxygens (including phenoxy) is 2. The number of rotatable bonds is 5. The summed E-state index contributed by atoms with van der Waals surface area (Å²) in [6.45, 7) is 1.62. The number of hydrogen-bond acceptors (Lipinski definition) is 6. The Morgan fingerprint density at radius 2 is 1.72 bits per heavy atom. The first-order chi connectivity index (χ1) is 14.1. The second kappa shape index (κ2) is 7.89. The number of hydrogen-bond donors (Lipinski definition) is 3. The highest BCUT2D eigenvalue weighted by Gasteiger charge is 2.16. The molecule has 0 atom stereocenters. The van der Waals surface area contributed by atoms with E-state index in [1.807, 2.05) is 18.2 Å². The van der Waals surface area contributed by atoms with Gasteiger partial charge in [-0.3, -0.25) is 9.59 Å². The zero-order valence-corrected chi connectivity index (χ0v) is 15.6. The third-order valence-corrected chi connectivity index (χ3v) is 4.11. The van der Waals surface area contributed by atoms with Crippen molar-refractivity contribution in [3.8, 4) is 11.5 Å². The summed E-state index contributed by atoms with van der Waals surface area (Å²) in [5.74, 6) is 1.17. The molecule has 0 aliphatic carbocycles. The average molecular weight is 390 g/mol. The highest BCUT2D eigenvalue weighted by atomic mass is 16.7. The summed E-state index contributed by atoms with van der Waals surface area (Å²) in [5.41, 5.74) is 2.69. The van der Waals surface area contributed by atoms with Gasteiger partial charge in [-0.1, -0.05) is 6.07 Å². The Morgan fingerprint density at radius 1 is 0.897 bits per heavy atom. The molecule has 146 valence electrons. The third-order valence-electron chi connectivity index (χ3n) is 4.11. The Morgan fingerprint density at radius 3 is 2.52 bits per heavy atom. The maximum Gasteiger partial charge on any atom is 0.256 e. The summed E-state index contributed by atoms with van der Waals surface area (Å²) in [6.07, 6.45) is 1.61. The van der Waals surface area contributed by atoms with Gasteiger partial charge in [-0.05, 0) is 48.5 Å².